The number of aromatic nitrogens is 3. The number of hydrogen-bond donors (Lipinski definition) is 1. The molecule has 0 radical (unpaired) electrons. The maximum absolute atomic E-state index is 11.6. The summed E-state index contributed by atoms with van der Waals surface area (Å²) in [6, 6.07) is 12.1. The smallest absolute Gasteiger partial charge is 0.217 e. The Balaban J connectivity index is 1.83. The molecule has 6 heteroatoms. The summed E-state index contributed by atoms with van der Waals surface area (Å²) in [5, 5.41) is 13.2. The molecule has 25 heavy (non-hydrogen) atoms. The van der Waals surface area contributed by atoms with Crippen molar-refractivity contribution < 1.29 is 4.79 Å². The van der Waals surface area contributed by atoms with Crippen LogP contribution in [0.1, 0.15) is 36.0 Å². The highest BCUT2D eigenvalue weighted by molar-refractivity contribution is 7.14. The third-order valence-electron chi connectivity index (χ3n) is 3.90. The number of hydrogen-bond acceptors (Lipinski definition) is 5. The Labute approximate surface area is 151 Å². The van der Waals surface area contributed by atoms with E-state index in [0.29, 0.717) is 6.42 Å². The van der Waals surface area contributed by atoms with Gasteiger partial charge in [0.2, 0.25) is 5.91 Å². The van der Waals surface area contributed by atoms with Crippen molar-refractivity contribution in [1.29, 1.82) is 0 Å². The number of nitrogens with one attached hydrogen (secondary N) is 1. The maximum Gasteiger partial charge on any atom is 0.217 e. The Bertz CT molecular complexity index is 830. The quantitative estimate of drug-likeness (QED) is 0.736. The Morgan fingerprint density at radius 2 is 1.92 bits per heavy atom. The number of carbonyl (C=O) groups is 1. The molecule has 1 aromatic carbocycles. The van der Waals surface area contributed by atoms with Gasteiger partial charge in [0.15, 0.2) is 0 Å². The molecular weight excluding hydrogens is 332 g/mol. The topological polar surface area (TPSA) is 67.8 Å². The predicted octanol–water partition coefficient (Wildman–Crippen LogP) is 3.58. The number of carbonyl (C=O) groups excluding carboxylic acids is 1. The van der Waals surface area contributed by atoms with Gasteiger partial charge in [-0.05, 0) is 36.1 Å². The summed E-state index contributed by atoms with van der Waals surface area (Å²) in [6.07, 6.45) is 5.19. The maximum atomic E-state index is 11.6. The lowest BCUT2D eigenvalue weighted by Gasteiger charge is -2.15. The molecule has 128 valence electrons. The molecule has 1 amide bonds. The number of rotatable bonds is 6. The lowest BCUT2D eigenvalue weighted by Crippen LogP contribution is -2.27. The number of benzene rings is 1. The van der Waals surface area contributed by atoms with Gasteiger partial charge in [-0.1, -0.05) is 42.5 Å². The van der Waals surface area contributed by atoms with Gasteiger partial charge in [-0.2, -0.15) is 0 Å². The molecule has 0 aliphatic rings. The van der Waals surface area contributed by atoms with Crippen LogP contribution >= 0.6 is 11.3 Å². The second-order valence-corrected chi connectivity index (χ2v) is 6.82. The molecule has 2 aromatic heterocycles. The standard InChI is InChI=1S/C19H20N4OS/c1-3-14-6-8-15(9-7-14)11-17(21-13(2)24)19-23-22-18(25-19)16-5-4-10-20-12-16/h4-10,12,17H,3,11H2,1-2H3,(H,21,24). The molecule has 1 unspecified atom stereocenters. The minimum absolute atomic E-state index is 0.0756. The fourth-order valence-corrected chi connectivity index (χ4v) is 3.46. The van der Waals surface area contributed by atoms with Crippen molar-refractivity contribution in [3.63, 3.8) is 0 Å². The molecule has 0 bridgehead atoms. The van der Waals surface area contributed by atoms with E-state index >= 15 is 0 Å². The summed E-state index contributed by atoms with van der Waals surface area (Å²) in [4.78, 5) is 15.7. The van der Waals surface area contributed by atoms with E-state index < -0.39 is 0 Å². The average molecular weight is 352 g/mol. The van der Waals surface area contributed by atoms with E-state index in [1.807, 2.05) is 12.1 Å². The van der Waals surface area contributed by atoms with Crippen molar-refractivity contribution in [3.8, 4) is 10.6 Å². The van der Waals surface area contributed by atoms with E-state index in [1.54, 1.807) is 12.4 Å². The highest BCUT2D eigenvalue weighted by Crippen LogP contribution is 2.28. The normalized spacial score (nSPS) is 11.9. The van der Waals surface area contributed by atoms with Crippen LogP contribution in [0.3, 0.4) is 0 Å². The molecule has 0 spiro atoms. The van der Waals surface area contributed by atoms with Gasteiger partial charge in [0.1, 0.15) is 10.0 Å². The number of amides is 1. The molecule has 1 N–H and O–H groups in total. The number of aryl methyl sites for hydroxylation is 1. The number of nitrogens with zero attached hydrogens (tertiary/aromatic N) is 3. The van der Waals surface area contributed by atoms with Crippen LogP contribution in [0.25, 0.3) is 10.6 Å². The van der Waals surface area contributed by atoms with Crippen LogP contribution in [0.15, 0.2) is 48.8 Å². The summed E-state index contributed by atoms with van der Waals surface area (Å²) < 4.78 is 0. The van der Waals surface area contributed by atoms with E-state index in [-0.39, 0.29) is 11.9 Å². The predicted molar refractivity (Wildman–Crippen MR) is 99.2 cm³/mol. The van der Waals surface area contributed by atoms with Crippen molar-refractivity contribution in [2.24, 2.45) is 0 Å². The lowest BCUT2D eigenvalue weighted by molar-refractivity contribution is -0.119. The van der Waals surface area contributed by atoms with E-state index in [4.69, 9.17) is 0 Å². The first kappa shape index (κ1) is 17.2. The second-order valence-electron chi connectivity index (χ2n) is 5.81. The lowest BCUT2D eigenvalue weighted by atomic mass is 10.0. The summed E-state index contributed by atoms with van der Waals surface area (Å²) in [7, 11) is 0. The highest BCUT2D eigenvalue weighted by Gasteiger charge is 2.19. The third kappa shape index (κ3) is 4.48. The van der Waals surface area contributed by atoms with E-state index in [0.717, 1.165) is 27.6 Å². The Morgan fingerprint density at radius 1 is 1.16 bits per heavy atom. The SMILES string of the molecule is CCc1ccc(CC(NC(C)=O)c2nnc(-c3cccnc3)s2)cc1. The molecule has 0 aliphatic carbocycles. The van der Waals surface area contributed by atoms with Crippen LogP contribution in [0.4, 0.5) is 0 Å². The minimum atomic E-state index is -0.187. The van der Waals surface area contributed by atoms with Crippen molar-refractivity contribution in [2.45, 2.75) is 32.7 Å². The van der Waals surface area contributed by atoms with Gasteiger partial charge in [-0.15, -0.1) is 10.2 Å². The fourth-order valence-electron chi connectivity index (χ4n) is 2.57. The van der Waals surface area contributed by atoms with Gasteiger partial charge in [0, 0.05) is 24.9 Å². The molecular formula is C19H20N4OS. The third-order valence-corrected chi connectivity index (χ3v) is 4.98. The molecule has 0 saturated heterocycles. The summed E-state index contributed by atoms with van der Waals surface area (Å²) in [6.45, 7) is 3.66. The van der Waals surface area contributed by atoms with Crippen molar-refractivity contribution in [3.05, 3.63) is 64.9 Å². The van der Waals surface area contributed by atoms with Crippen molar-refractivity contribution in [1.82, 2.24) is 20.5 Å². The van der Waals surface area contributed by atoms with Crippen molar-refractivity contribution in [2.75, 3.05) is 0 Å². The van der Waals surface area contributed by atoms with Crippen LogP contribution in [-0.4, -0.2) is 21.1 Å². The van der Waals surface area contributed by atoms with Gasteiger partial charge in [-0.25, -0.2) is 0 Å². The molecule has 3 aromatic rings. The molecule has 0 fully saturated rings. The van der Waals surface area contributed by atoms with Crippen LogP contribution < -0.4 is 5.32 Å². The van der Waals surface area contributed by atoms with Crippen LogP contribution in [-0.2, 0) is 17.6 Å². The van der Waals surface area contributed by atoms with Gasteiger partial charge < -0.3 is 5.32 Å². The van der Waals surface area contributed by atoms with Gasteiger partial charge >= 0.3 is 0 Å². The molecule has 0 aliphatic heterocycles. The monoisotopic (exact) mass is 352 g/mol. The van der Waals surface area contributed by atoms with Crippen LogP contribution in [0.5, 0.6) is 0 Å². The molecule has 1 atom stereocenters. The van der Waals surface area contributed by atoms with Crippen molar-refractivity contribution >= 4 is 17.2 Å². The Morgan fingerprint density at radius 3 is 2.56 bits per heavy atom. The van der Waals surface area contributed by atoms with Crippen LogP contribution in [0.2, 0.25) is 0 Å². The zero-order chi connectivity index (χ0) is 17.6. The first-order valence-corrected chi connectivity index (χ1v) is 9.06. The first-order chi connectivity index (χ1) is 12.2. The zero-order valence-corrected chi connectivity index (χ0v) is 15.1. The first-order valence-electron chi connectivity index (χ1n) is 8.24. The Kier molecular flexibility index (Phi) is 5.50. The minimum Gasteiger partial charge on any atom is -0.347 e. The molecule has 2 heterocycles. The second kappa shape index (κ2) is 7.98. The fraction of sp³-hybridized carbons (Fsp3) is 0.263. The van der Waals surface area contributed by atoms with Gasteiger partial charge in [0.25, 0.3) is 0 Å². The van der Waals surface area contributed by atoms with Crippen LogP contribution in [0, 0.1) is 0 Å². The van der Waals surface area contributed by atoms with Gasteiger partial charge in [-0.3, -0.25) is 9.78 Å². The van der Waals surface area contributed by atoms with E-state index in [1.165, 1.54) is 23.8 Å². The van der Waals surface area contributed by atoms with E-state index in [2.05, 4.69) is 51.7 Å². The van der Waals surface area contributed by atoms with E-state index in [9.17, 15) is 4.79 Å². The highest BCUT2D eigenvalue weighted by atomic mass is 32.1. The molecule has 0 saturated carbocycles. The molecule has 3 rings (SSSR count). The molecule has 5 nitrogen and oxygen atoms in total. The Hall–Kier alpha value is -2.60. The zero-order valence-electron chi connectivity index (χ0n) is 14.3. The summed E-state index contributed by atoms with van der Waals surface area (Å²) in [5.41, 5.74) is 3.39. The van der Waals surface area contributed by atoms with Gasteiger partial charge in [0.05, 0.1) is 6.04 Å². The summed E-state index contributed by atoms with van der Waals surface area (Å²) in [5.74, 6) is -0.0756. The number of pyridine rings is 1. The average Bonchev–Trinajstić information content (AvgIpc) is 3.12. The largest absolute Gasteiger partial charge is 0.347 e. The summed E-state index contributed by atoms with van der Waals surface area (Å²) >= 11 is 1.49.